The molecular weight excluding hydrogens is 451 g/mol. The van der Waals surface area contributed by atoms with Crippen molar-refractivity contribution in [3.05, 3.63) is 108 Å². The van der Waals surface area contributed by atoms with E-state index in [1.54, 1.807) is 54.9 Å². The predicted molar refractivity (Wildman–Crippen MR) is 132 cm³/mol. The molecular formula is C26H23FN4O2S. The zero-order valence-corrected chi connectivity index (χ0v) is 19.3. The Bertz CT molecular complexity index is 1300. The fraction of sp³-hybridized carbons (Fsp3) is 0.115. The number of thioether (sulfide) groups is 1. The Labute approximate surface area is 201 Å². The molecule has 4 aromatic rings. The van der Waals surface area contributed by atoms with Gasteiger partial charge in [-0.25, -0.2) is 9.37 Å². The molecule has 0 spiro atoms. The number of hydrogen-bond donors (Lipinski definition) is 2. The molecule has 6 nitrogen and oxygen atoms in total. The third-order valence-electron chi connectivity index (χ3n) is 5.05. The summed E-state index contributed by atoms with van der Waals surface area (Å²) in [6.45, 7) is 2.08. The molecule has 0 fully saturated rings. The molecule has 0 bridgehead atoms. The van der Waals surface area contributed by atoms with E-state index in [1.807, 2.05) is 35.8 Å². The van der Waals surface area contributed by atoms with Gasteiger partial charge in [-0.15, -0.1) is 0 Å². The lowest BCUT2D eigenvalue weighted by Gasteiger charge is -2.10. The molecule has 1 aromatic heterocycles. The van der Waals surface area contributed by atoms with E-state index in [4.69, 9.17) is 0 Å². The van der Waals surface area contributed by atoms with Crippen molar-refractivity contribution < 1.29 is 14.0 Å². The number of halogens is 1. The highest BCUT2D eigenvalue weighted by Crippen LogP contribution is 2.21. The number of amides is 2. The molecule has 1 heterocycles. The molecule has 3 aromatic carbocycles. The van der Waals surface area contributed by atoms with Crippen LogP contribution in [0.4, 0.5) is 10.1 Å². The highest BCUT2D eigenvalue weighted by Gasteiger charge is 2.11. The van der Waals surface area contributed by atoms with Gasteiger partial charge in [-0.05, 0) is 55.0 Å². The van der Waals surface area contributed by atoms with Crippen molar-refractivity contribution in [1.82, 2.24) is 14.9 Å². The van der Waals surface area contributed by atoms with Gasteiger partial charge in [0.1, 0.15) is 5.82 Å². The number of aromatic nitrogens is 2. The van der Waals surface area contributed by atoms with E-state index in [9.17, 15) is 14.0 Å². The maximum atomic E-state index is 13.7. The molecule has 2 amide bonds. The molecule has 0 aliphatic heterocycles. The Balaban J connectivity index is 1.35. The highest BCUT2D eigenvalue weighted by molar-refractivity contribution is 7.99. The molecule has 0 radical (unpaired) electrons. The van der Waals surface area contributed by atoms with E-state index in [-0.39, 0.29) is 29.9 Å². The van der Waals surface area contributed by atoms with Crippen LogP contribution in [-0.4, -0.2) is 27.1 Å². The SMILES string of the molecule is Cc1cccc(NC(=O)CSc2nccn2-c2ccc(C(=O)NCc3ccccc3F)cc2)c1. The summed E-state index contributed by atoms with van der Waals surface area (Å²) in [6.07, 6.45) is 3.46. The van der Waals surface area contributed by atoms with Crippen LogP contribution in [0.5, 0.6) is 0 Å². The number of anilines is 1. The first-order valence-corrected chi connectivity index (χ1v) is 11.6. The Kier molecular flexibility index (Phi) is 7.39. The first kappa shape index (κ1) is 23.3. The van der Waals surface area contributed by atoms with E-state index in [1.165, 1.54) is 17.8 Å². The maximum absolute atomic E-state index is 13.7. The molecule has 0 saturated heterocycles. The minimum Gasteiger partial charge on any atom is -0.348 e. The van der Waals surface area contributed by atoms with Crippen LogP contribution < -0.4 is 10.6 Å². The molecule has 4 rings (SSSR count). The fourth-order valence-corrected chi connectivity index (χ4v) is 4.11. The number of carbonyl (C=O) groups is 2. The molecule has 2 N–H and O–H groups in total. The minimum absolute atomic E-state index is 0.111. The van der Waals surface area contributed by atoms with Crippen molar-refractivity contribution in [3.63, 3.8) is 0 Å². The predicted octanol–water partition coefficient (Wildman–Crippen LogP) is 4.98. The quantitative estimate of drug-likeness (QED) is 0.353. The first-order chi connectivity index (χ1) is 16.5. The van der Waals surface area contributed by atoms with Crippen molar-refractivity contribution >= 4 is 29.3 Å². The number of hydrogen-bond acceptors (Lipinski definition) is 4. The van der Waals surface area contributed by atoms with Gasteiger partial charge >= 0.3 is 0 Å². The Morgan fingerprint density at radius 2 is 1.82 bits per heavy atom. The average molecular weight is 475 g/mol. The second-order valence-electron chi connectivity index (χ2n) is 7.61. The van der Waals surface area contributed by atoms with Crippen LogP contribution in [-0.2, 0) is 11.3 Å². The van der Waals surface area contributed by atoms with Crippen molar-refractivity contribution in [3.8, 4) is 5.69 Å². The maximum Gasteiger partial charge on any atom is 0.251 e. The standard InChI is InChI=1S/C26H23FN4O2S/c1-18-5-4-7-21(15-18)30-24(32)17-34-26-28-13-14-31(26)22-11-9-19(10-12-22)25(33)29-16-20-6-2-3-8-23(20)27/h2-15H,16-17H2,1H3,(H,29,33)(H,30,32). The van der Waals surface area contributed by atoms with E-state index >= 15 is 0 Å². The largest absolute Gasteiger partial charge is 0.348 e. The van der Waals surface area contributed by atoms with Gasteiger partial charge in [-0.1, -0.05) is 42.1 Å². The molecule has 0 atom stereocenters. The minimum atomic E-state index is -0.351. The molecule has 0 aliphatic carbocycles. The van der Waals surface area contributed by atoms with Crippen LogP contribution in [0, 0.1) is 12.7 Å². The molecule has 8 heteroatoms. The van der Waals surface area contributed by atoms with Crippen LogP contribution in [0.3, 0.4) is 0 Å². The van der Waals surface area contributed by atoms with Crippen molar-refractivity contribution in [2.75, 3.05) is 11.1 Å². The van der Waals surface area contributed by atoms with Crippen LogP contribution in [0.15, 0.2) is 90.3 Å². The van der Waals surface area contributed by atoms with Crippen LogP contribution in [0.1, 0.15) is 21.5 Å². The fourth-order valence-electron chi connectivity index (χ4n) is 3.34. The lowest BCUT2D eigenvalue weighted by molar-refractivity contribution is -0.113. The average Bonchev–Trinajstić information content (AvgIpc) is 3.31. The van der Waals surface area contributed by atoms with Gasteiger partial charge in [0, 0.05) is 41.4 Å². The monoisotopic (exact) mass is 474 g/mol. The number of rotatable bonds is 8. The topological polar surface area (TPSA) is 76.0 Å². The van der Waals surface area contributed by atoms with E-state index in [0.717, 1.165) is 16.9 Å². The van der Waals surface area contributed by atoms with Gasteiger partial charge < -0.3 is 10.6 Å². The van der Waals surface area contributed by atoms with Crippen molar-refractivity contribution in [2.24, 2.45) is 0 Å². The normalized spacial score (nSPS) is 10.6. The van der Waals surface area contributed by atoms with Crippen molar-refractivity contribution in [1.29, 1.82) is 0 Å². The summed E-state index contributed by atoms with van der Waals surface area (Å²) in [5.74, 6) is -0.549. The number of nitrogens with zero attached hydrogens (tertiary/aromatic N) is 2. The number of imidazole rings is 1. The van der Waals surface area contributed by atoms with Gasteiger partial charge in [0.25, 0.3) is 5.91 Å². The Morgan fingerprint density at radius 1 is 1.03 bits per heavy atom. The van der Waals surface area contributed by atoms with Gasteiger partial charge in [0.15, 0.2) is 5.16 Å². The smallest absolute Gasteiger partial charge is 0.251 e. The molecule has 34 heavy (non-hydrogen) atoms. The van der Waals surface area contributed by atoms with Gasteiger partial charge in [0.2, 0.25) is 5.91 Å². The van der Waals surface area contributed by atoms with Gasteiger partial charge in [-0.2, -0.15) is 0 Å². The lowest BCUT2D eigenvalue weighted by Crippen LogP contribution is -2.23. The summed E-state index contributed by atoms with van der Waals surface area (Å²) < 4.78 is 15.6. The number of carbonyl (C=O) groups excluding carboxylic acids is 2. The summed E-state index contributed by atoms with van der Waals surface area (Å²) >= 11 is 1.32. The van der Waals surface area contributed by atoms with Crippen molar-refractivity contribution in [2.45, 2.75) is 18.6 Å². The number of benzene rings is 3. The summed E-state index contributed by atoms with van der Waals surface area (Å²) in [6, 6.07) is 21.0. The van der Waals surface area contributed by atoms with E-state index in [0.29, 0.717) is 16.3 Å². The molecule has 0 saturated carbocycles. The molecule has 172 valence electrons. The summed E-state index contributed by atoms with van der Waals surface area (Å²) in [4.78, 5) is 29.1. The molecule has 0 unspecified atom stereocenters. The summed E-state index contributed by atoms with van der Waals surface area (Å²) in [5, 5.41) is 6.28. The third-order valence-corrected chi connectivity index (χ3v) is 6.01. The van der Waals surface area contributed by atoms with Crippen LogP contribution >= 0.6 is 11.8 Å². The van der Waals surface area contributed by atoms with Gasteiger partial charge in [-0.3, -0.25) is 14.2 Å². The third kappa shape index (κ3) is 5.90. The van der Waals surface area contributed by atoms with Crippen LogP contribution in [0.2, 0.25) is 0 Å². The zero-order chi connectivity index (χ0) is 23.9. The highest BCUT2D eigenvalue weighted by atomic mass is 32.2. The first-order valence-electron chi connectivity index (χ1n) is 10.6. The van der Waals surface area contributed by atoms with Crippen LogP contribution in [0.25, 0.3) is 5.69 Å². The number of nitrogens with one attached hydrogen (secondary N) is 2. The lowest BCUT2D eigenvalue weighted by atomic mass is 10.1. The van der Waals surface area contributed by atoms with E-state index in [2.05, 4.69) is 15.6 Å². The zero-order valence-electron chi connectivity index (χ0n) is 18.5. The second kappa shape index (κ2) is 10.8. The second-order valence-corrected chi connectivity index (χ2v) is 8.55. The molecule has 0 aliphatic rings. The number of aryl methyl sites for hydroxylation is 1. The Morgan fingerprint density at radius 3 is 2.59 bits per heavy atom. The summed E-state index contributed by atoms with van der Waals surface area (Å²) in [7, 11) is 0. The Hall–Kier alpha value is -3.91. The van der Waals surface area contributed by atoms with Gasteiger partial charge in [0.05, 0.1) is 5.75 Å². The van der Waals surface area contributed by atoms with E-state index < -0.39 is 0 Å². The summed E-state index contributed by atoms with van der Waals surface area (Å²) in [5.41, 5.74) is 3.54.